The molecule has 2 aromatic rings. The van der Waals surface area contributed by atoms with Crippen LogP contribution in [0.25, 0.3) is 0 Å². The van der Waals surface area contributed by atoms with Crippen molar-refractivity contribution in [1.82, 2.24) is 10.9 Å². The highest BCUT2D eigenvalue weighted by molar-refractivity contribution is 5.88. The van der Waals surface area contributed by atoms with E-state index in [1.165, 1.54) is 12.4 Å². The molecule has 0 aliphatic heterocycles. The summed E-state index contributed by atoms with van der Waals surface area (Å²) < 4.78 is 11.0. The number of nitrogens with one attached hydrogen (secondary N) is 2. The third kappa shape index (κ3) is 7.75. The van der Waals surface area contributed by atoms with Crippen LogP contribution in [0.15, 0.2) is 58.7 Å². The first-order valence-electron chi connectivity index (χ1n) is 9.71. The molecule has 0 atom stereocenters. The average molecular weight is 410 g/mol. The molecule has 0 fully saturated rings. The lowest BCUT2D eigenvalue weighted by atomic mass is 10.2. The molecule has 0 saturated carbocycles. The van der Waals surface area contributed by atoms with Crippen molar-refractivity contribution in [3.05, 3.63) is 59.7 Å². The van der Waals surface area contributed by atoms with E-state index in [0.29, 0.717) is 24.7 Å². The Morgan fingerprint density at radius 3 is 1.57 bits per heavy atom. The third-order valence-corrected chi connectivity index (χ3v) is 3.80. The van der Waals surface area contributed by atoms with Gasteiger partial charge in [-0.1, -0.05) is 24.3 Å². The smallest absolute Gasteiger partial charge is 0.240 e. The summed E-state index contributed by atoms with van der Waals surface area (Å²) in [4.78, 5) is 23.7. The summed E-state index contributed by atoms with van der Waals surface area (Å²) >= 11 is 0. The highest BCUT2D eigenvalue weighted by Crippen LogP contribution is 2.16. The number of hydrogen-bond acceptors (Lipinski definition) is 6. The molecule has 0 unspecified atom stereocenters. The SMILES string of the molecule is CCOc1ccccc1/C=N/NC(=O)CCC(=O)N/N=C/c1ccccc1OCC. The second kappa shape index (κ2) is 12.7. The number of ether oxygens (including phenoxy) is 2. The van der Waals surface area contributed by atoms with Gasteiger partial charge < -0.3 is 9.47 Å². The first-order valence-corrected chi connectivity index (χ1v) is 9.71. The predicted molar refractivity (Wildman–Crippen MR) is 116 cm³/mol. The van der Waals surface area contributed by atoms with Gasteiger partial charge >= 0.3 is 0 Å². The number of nitrogens with zero attached hydrogens (tertiary/aromatic N) is 2. The van der Waals surface area contributed by atoms with Crippen LogP contribution in [0.1, 0.15) is 37.8 Å². The van der Waals surface area contributed by atoms with E-state index in [9.17, 15) is 9.59 Å². The van der Waals surface area contributed by atoms with Crippen molar-refractivity contribution >= 4 is 24.2 Å². The summed E-state index contributed by atoms with van der Waals surface area (Å²) in [6.07, 6.45) is 2.98. The van der Waals surface area contributed by atoms with Crippen LogP contribution < -0.4 is 20.3 Å². The van der Waals surface area contributed by atoms with Gasteiger partial charge in [0.15, 0.2) is 0 Å². The van der Waals surface area contributed by atoms with Gasteiger partial charge in [0.1, 0.15) is 11.5 Å². The van der Waals surface area contributed by atoms with E-state index >= 15 is 0 Å². The Morgan fingerprint density at radius 2 is 1.17 bits per heavy atom. The third-order valence-electron chi connectivity index (χ3n) is 3.80. The molecule has 0 heterocycles. The maximum absolute atomic E-state index is 11.9. The van der Waals surface area contributed by atoms with Crippen LogP contribution in [0.3, 0.4) is 0 Å². The lowest BCUT2D eigenvalue weighted by Gasteiger charge is -2.06. The Bertz CT molecular complexity index is 823. The molecule has 8 heteroatoms. The van der Waals surface area contributed by atoms with E-state index in [2.05, 4.69) is 21.1 Å². The number of amides is 2. The summed E-state index contributed by atoms with van der Waals surface area (Å²) in [6.45, 7) is 4.85. The molecular weight excluding hydrogens is 384 g/mol. The Hall–Kier alpha value is -3.68. The van der Waals surface area contributed by atoms with Crippen LogP contribution in [0.4, 0.5) is 0 Å². The molecule has 30 heavy (non-hydrogen) atoms. The number of hydrogen-bond donors (Lipinski definition) is 2. The van der Waals surface area contributed by atoms with Gasteiger partial charge in [-0.05, 0) is 38.1 Å². The number of carbonyl (C=O) groups is 2. The van der Waals surface area contributed by atoms with E-state index in [1.807, 2.05) is 62.4 Å². The van der Waals surface area contributed by atoms with Gasteiger partial charge in [0.25, 0.3) is 0 Å². The molecule has 0 spiro atoms. The van der Waals surface area contributed by atoms with Gasteiger partial charge in [-0.15, -0.1) is 0 Å². The molecule has 0 bridgehead atoms. The second-order valence-electron chi connectivity index (χ2n) is 6.03. The molecule has 2 rings (SSSR count). The van der Waals surface area contributed by atoms with Crippen molar-refractivity contribution in [3.63, 3.8) is 0 Å². The van der Waals surface area contributed by atoms with Crippen LogP contribution in [0.2, 0.25) is 0 Å². The molecule has 0 saturated heterocycles. The minimum absolute atomic E-state index is 0.0126. The maximum Gasteiger partial charge on any atom is 0.240 e. The fourth-order valence-corrected chi connectivity index (χ4v) is 2.43. The molecule has 0 radical (unpaired) electrons. The standard InChI is InChI=1S/C22H26N4O4/c1-3-29-19-11-7-5-9-17(19)15-23-25-21(27)13-14-22(28)26-24-16-18-10-6-8-12-20(18)30-4-2/h5-12,15-16H,3-4,13-14H2,1-2H3,(H,25,27)(H,26,28)/b23-15+,24-16+. The van der Waals surface area contributed by atoms with Crippen molar-refractivity contribution < 1.29 is 19.1 Å². The first kappa shape index (κ1) is 22.6. The number of para-hydroxylation sites is 2. The molecular formula is C22H26N4O4. The zero-order chi connectivity index (χ0) is 21.6. The Morgan fingerprint density at radius 1 is 0.767 bits per heavy atom. The average Bonchev–Trinajstić information content (AvgIpc) is 2.75. The Labute approximate surface area is 176 Å². The van der Waals surface area contributed by atoms with E-state index in [1.54, 1.807) is 0 Å². The van der Waals surface area contributed by atoms with Crippen LogP contribution in [-0.2, 0) is 9.59 Å². The molecule has 2 N–H and O–H groups in total. The van der Waals surface area contributed by atoms with Crippen LogP contribution in [0, 0.1) is 0 Å². The molecule has 158 valence electrons. The fraction of sp³-hybridized carbons (Fsp3) is 0.273. The Balaban J connectivity index is 1.75. The lowest BCUT2D eigenvalue weighted by molar-refractivity contribution is -0.126. The number of hydrazone groups is 2. The summed E-state index contributed by atoms with van der Waals surface area (Å²) in [5.41, 5.74) is 6.30. The van der Waals surface area contributed by atoms with Crippen LogP contribution >= 0.6 is 0 Å². The van der Waals surface area contributed by atoms with Crippen molar-refractivity contribution in [2.75, 3.05) is 13.2 Å². The van der Waals surface area contributed by atoms with Crippen LogP contribution in [0.5, 0.6) is 11.5 Å². The van der Waals surface area contributed by atoms with Gasteiger partial charge in [-0.25, -0.2) is 10.9 Å². The lowest BCUT2D eigenvalue weighted by Crippen LogP contribution is -2.22. The maximum atomic E-state index is 11.9. The number of benzene rings is 2. The van der Waals surface area contributed by atoms with Crippen LogP contribution in [-0.4, -0.2) is 37.5 Å². The molecule has 0 aromatic heterocycles. The normalized spacial score (nSPS) is 10.9. The van der Waals surface area contributed by atoms with Gasteiger partial charge in [-0.3, -0.25) is 9.59 Å². The van der Waals surface area contributed by atoms with Crippen molar-refractivity contribution in [1.29, 1.82) is 0 Å². The number of carbonyl (C=O) groups excluding carboxylic acids is 2. The minimum atomic E-state index is -0.374. The Kier molecular flexibility index (Phi) is 9.58. The van der Waals surface area contributed by atoms with E-state index in [4.69, 9.17) is 9.47 Å². The van der Waals surface area contributed by atoms with Gasteiger partial charge in [0.2, 0.25) is 11.8 Å². The monoisotopic (exact) mass is 410 g/mol. The molecule has 0 aliphatic carbocycles. The summed E-state index contributed by atoms with van der Waals surface area (Å²) in [5, 5.41) is 7.82. The van der Waals surface area contributed by atoms with Gasteiger partial charge in [0.05, 0.1) is 25.6 Å². The summed E-state index contributed by atoms with van der Waals surface area (Å²) in [6, 6.07) is 14.7. The van der Waals surface area contributed by atoms with Crippen molar-refractivity contribution in [3.8, 4) is 11.5 Å². The summed E-state index contributed by atoms with van der Waals surface area (Å²) in [7, 11) is 0. The minimum Gasteiger partial charge on any atom is -0.493 e. The molecule has 2 amide bonds. The molecule has 8 nitrogen and oxygen atoms in total. The zero-order valence-electron chi connectivity index (χ0n) is 17.1. The van der Waals surface area contributed by atoms with Crippen molar-refractivity contribution in [2.24, 2.45) is 10.2 Å². The highest BCUT2D eigenvalue weighted by Gasteiger charge is 2.06. The van der Waals surface area contributed by atoms with E-state index in [0.717, 1.165) is 11.1 Å². The van der Waals surface area contributed by atoms with Gasteiger partial charge in [0, 0.05) is 24.0 Å². The van der Waals surface area contributed by atoms with Gasteiger partial charge in [-0.2, -0.15) is 10.2 Å². The number of rotatable bonds is 11. The second-order valence-corrected chi connectivity index (χ2v) is 6.03. The zero-order valence-corrected chi connectivity index (χ0v) is 17.1. The summed E-state index contributed by atoms with van der Waals surface area (Å²) in [5.74, 6) is 0.615. The van der Waals surface area contributed by atoms with Crippen molar-refractivity contribution in [2.45, 2.75) is 26.7 Å². The fourth-order valence-electron chi connectivity index (χ4n) is 2.43. The van der Waals surface area contributed by atoms with E-state index < -0.39 is 0 Å². The van der Waals surface area contributed by atoms with E-state index in [-0.39, 0.29) is 24.7 Å². The topological polar surface area (TPSA) is 101 Å². The molecule has 2 aromatic carbocycles. The first-order chi connectivity index (χ1) is 14.6. The quantitative estimate of drug-likeness (QED) is 0.439. The largest absolute Gasteiger partial charge is 0.493 e. The highest BCUT2D eigenvalue weighted by atomic mass is 16.5. The predicted octanol–water partition coefficient (Wildman–Crippen LogP) is 2.86. The molecule has 0 aliphatic rings.